The van der Waals surface area contributed by atoms with Gasteiger partial charge in [0.05, 0.1) is 6.29 Å². The van der Waals surface area contributed by atoms with E-state index in [9.17, 15) is 4.57 Å². The van der Waals surface area contributed by atoms with Crippen LogP contribution in [-0.2, 0) is 4.57 Å². The van der Waals surface area contributed by atoms with E-state index in [4.69, 9.17) is 0 Å². The van der Waals surface area contributed by atoms with Gasteiger partial charge in [-0.25, -0.2) is 0 Å². The first-order chi connectivity index (χ1) is 12.3. The van der Waals surface area contributed by atoms with Crippen molar-refractivity contribution in [3.63, 3.8) is 0 Å². The number of para-hydroxylation sites is 2. The second-order valence-electron chi connectivity index (χ2n) is 6.90. The average molecular weight is 355 g/mol. The van der Waals surface area contributed by atoms with Gasteiger partial charge in [0, 0.05) is 24.5 Å². The molecule has 2 saturated heterocycles. The van der Waals surface area contributed by atoms with Crippen LogP contribution in [0.4, 0.5) is 11.4 Å². The number of likely N-dealkylation sites (tertiary alicyclic amines) is 1. The molecule has 2 heterocycles. The largest absolute Gasteiger partial charge is 0.304 e. The van der Waals surface area contributed by atoms with E-state index >= 15 is 0 Å². The number of anilines is 2. The Kier molecular flexibility index (Phi) is 4.82. The Balaban J connectivity index is 1.69. The van der Waals surface area contributed by atoms with E-state index in [1.54, 1.807) is 0 Å². The van der Waals surface area contributed by atoms with E-state index < -0.39 is 7.44 Å². The maximum atomic E-state index is 14.4. The summed E-state index contributed by atoms with van der Waals surface area (Å²) in [5.41, 5.74) is 2.14. The molecule has 0 amide bonds. The summed E-state index contributed by atoms with van der Waals surface area (Å²) in [6.07, 6.45) is 4.38. The summed E-state index contributed by atoms with van der Waals surface area (Å²) in [6, 6.07) is 20.5. The van der Waals surface area contributed by atoms with Crippen molar-refractivity contribution >= 4 is 18.8 Å². The molecule has 0 radical (unpaired) electrons. The first-order valence-corrected chi connectivity index (χ1v) is 11.0. The Morgan fingerprint density at radius 1 is 0.680 bits per heavy atom. The molecule has 2 fully saturated rings. The van der Waals surface area contributed by atoms with Gasteiger partial charge in [0.1, 0.15) is 0 Å². The van der Waals surface area contributed by atoms with Crippen molar-refractivity contribution < 1.29 is 4.57 Å². The van der Waals surface area contributed by atoms with Crippen molar-refractivity contribution in [2.24, 2.45) is 0 Å². The highest BCUT2D eigenvalue weighted by molar-refractivity contribution is 7.67. The summed E-state index contributed by atoms with van der Waals surface area (Å²) in [4.78, 5) is 2.40. The predicted octanol–water partition coefficient (Wildman–Crippen LogP) is 4.65. The molecule has 0 saturated carbocycles. The molecule has 25 heavy (non-hydrogen) atoms. The van der Waals surface area contributed by atoms with E-state index in [0.717, 1.165) is 37.6 Å². The molecular weight excluding hydrogens is 329 g/mol. The van der Waals surface area contributed by atoms with Gasteiger partial charge >= 0.3 is 0 Å². The second kappa shape index (κ2) is 7.23. The van der Waals surface area contributed by atoms with Crippen LogP contribution in [0.5, 0.6) is 0 Å². The monoisotopic (exact) mass is 355 g/mol. The third kappa shape index (κ3) is 3.33. The summed E-state index contributed by atoms with van der Waals surface area (Å²) in [5.74, 6) is 0. The molecule has 5 heteroatoms. The topological polar surface area (TPSA) is 26.8 Å². The molecule has 0 unspecified atom stereocenters. The zero-order valence-corrected chi connectivity index (χ0v) is 15.5. The summed E-state index contributed by atoms with van der Waals surface area (Å²) >= 11 is 0. The lowest BCUT2D eigenvalue weighted by molar-refractivity contribution is 0.260. The molecule has 0 aromatic heterocycles. The van der Waals surface area contributed by atoms with Crippen LogP contribution in [-0.4, -0.2) is 37.4 Å². The zero-order valence-electron chi connectivity index (χ0n) is 14.6. The maximum absolute atomic E-state index is 14.4. The Morgan fingerprint density at radius 3 is 1.64 bits per heavy atom. The molecule has 0 atom stereocenters. The molecular formula is C20H26N3OP. The van der Waals surface area contributed by atoms with Crippen LogP contribution in [0, 0.1) is 0 Å². The van der Waals surface area contributed by atoms with Crippen LogP contribution in [0.3, 0.4) is 0 Å². The van der Waals surface area contributed by atoms with Crippen LogP contribution in [0.15, 0.2) is 60.7 Å². The quantitative estimate of drug-likeness (QED) is 0.746. The number of piperidine rings is 1. The van der Waals surface area contributed by atoms with E-state index in [2.05, 4.69) is 38.5 Å². The molecule has 4 rings (SSSR count). The lowest BCUT2D eigenvalue weighted by Crippen LogP contribution is -2.35. The van der Waals surface area contributed by atoms with Crippen LogP contribution in [0.2, 0.25) is 0 Å². The van der Waals surface area contributed by atoms with Crippen LogP contribution in [0.25, 0.3) is 0 Å². The standard InChI is InChI=1S/C20H26N3OP/c24-25(18-21-14-8-3-9-15-21)22(19-10-4-1-5-11-19)16-17-23(25)20-12-6-2-7-13-20/h1-2,4-7,10-13H,3,8-9,14-18H2. The highest BCUT2D eigenvalue weighted by atomic mass is 31.2. The molecule has 2 aliphatic heterocycles. The number of hydrogen-bond donors (Lipinski definition) is 0. The lowest BCUT2D eigenvalue weighted by atomic mass is 10.1. The smallest absolute Gasteiger partial charge is 0.276 e. The van der Waals surface area contributed by atoms with Crippen molar-refractivity contribution in [2.45, 2.75) is 19.3 Å². The van der Waals surface area contributed by atoms with E-state index in [0.29, 0.717) is 6.29 Å². The number of hydrogen-bond acceptors (Lipinski definition) is 2. The minimum atomic E-state index is -2.71. The molecule has 0 bridgehead atoms. The van der Waals surface area contributed by atoms with Gasteiger partial charge in [-0.3, -0.25) is 9.46 Å². The summed E-state index contributed by atoms with van der Waals surface area (Å²) in [5, 5.41) is 0. The average Bonchev–Trinajstić information content (AvgIpc) is 3.00. The Hall–Kier alpha value is -1.77. The highest BCUT2D eigenvalue weighted by Crippen LogP contribution is 2.60. The Bertz CT molecular complexity index is 680. The predicted molar refractivity (Wildman–Crippen MR) is 105 cm³/mol. The number of nitrogens with zero attached hydrogens (tertiary/aromatic N) is 3. The Morgan fingerprint density at radius 2 is 1.16 bits per heavy atom. The Labute approximate surface area is 150 Å². The van der Waals surface area contributed by atoms with Crippen LogP contribution >= 0.6 is 7.44 Å². The highest BCUT2D eigenvalue weighted by Gasteiger charge is 2.44. The van der Waals surface area contributed by atoms with Gasteiger partial charge in [0.25, 0.3) is 7.44 Å². The van der Waals surface area contributed by atoms with Crippen molar-refractivity contribution in [1.29, 1.82) is 0 Å². The minimum absolute atomic E-state index is 0.650. The zero-order chi connectivity index (χ0) is 17.1. The first kappa shape index (κ1) is 16.7. The minimum Gasteiger partial charge on any atom is -0.304 e. The lowest BCUT2D eigenvalue weighted by Gasteiger charge is -2.37. The molecule has 2 aliphatic rings. The molecule has 2 aromatic rings. The fraction of sp³-hybridized carbons (Fsp3) is 0.400. The van der Waals surface area contributed by atoms with Gasteiger partial charge in [0.15, 0.2) is 0 Å². The molecule has 132 valence electrons. The molecule has 2 aromatic carbocycles. The van der Waals surface area contributed by atoms with Gasteiger partial charge in [-0.05, 0) is 50.2 Å². The van der Waals surface area contributed by atoms with Crippen LogP contribution < -0.4 is 9.34 Å². The molecule has 0 spiro atoms. The van der Waals surface area contributed by atoms with Crippen LogP contribution in [0.1, 0.15) is 19.3 Å². The van der Waals surface area contributed by atoms with Gasteiger partial charge in [0.2, 0.25) is 0 Å². The maximum Gasteiger partial charge on any atom is 0.276 e. The fourth-order valence-electron chi connectivity index (χ4n) is 3.97. The number of rotatable bonds is 4. The van der Waals surface area contributed by atoms with Gasteiger partial charge in [-0.15, -0.1) is 0 Å². The SMILES string of the molecule is O=P1(CN2CCCCC2)N(c2ccccc2)CCN1c1ccccc1. The molecule has 0 N–H and O–H groups in total. The summed E-state index contributed by atoms with van der Waals surface area (Å²) in [7, 11) is -2.71. The van der Waals surface area contributed by atoms with Crippen molar-refractivity contribution in [1.82, 2.24) is 4.90 Å². The van der Waals surface area contributed by atoms with Gasteiger partial charge in [-0.2, -0.15) is 0 Å². The molecule has 4 nitrogen and oxygen atoms in total. The van der Waals surface area contributed by atoms with Gasteiger partial charge < -0.3 is 9.34 Å². The van der Waals surface area contributed by atoms with Gasteiger partial charge in [-0.1, -0.05) is 42.8 Å². The fourth-order valence-corrected chi connectivity index (χ4v) is 7.13. The first-order valence-electron chi connectivity index (χ1n) is 9.25. The number of benzene rings is 2. The van der Waals surface area contributed by atoms with Crippen molar-refractivity contribution in [3.05, 3.63) is 60.7 Å². The van der Waals surface area contributed by atoms with Crippen molar-refractivity contribution in [3.8, 4) is 0 Å². The second-order valence-corrected chi connectivity index (χ2v) is 9.48. The van der Waals surface area contributed by atoms with E-state index in [1.165, 1.54) is 19.3 Å². The third-order valence-electron chi connectivity index (χ3n) is 5.22. The van der Waals surface area contributed by atoms with E-state index in [-0.39, 0.29) is 0 Å². The van der Waals surface area contributed by atoms with Crippen molar-refractivity contribution in [2.75, 3.05) is 41.8 Å². The normalized spacial score (nSPS) is 20.8. The van der Waals surface area contributed by atoms with E-state index in [1.807, 2.05) is 36.4 Å². The molecule has 0 aliphatic carbocycles. The summed E-state index contributed by atoms with van der Waals surface area (Å²) < 4.78 is 18.7. The summed E-state index contributed by atoms with van der Waals surface area (Å²) in [6.45, 7) is 3.75. The third-order valence-corrected chi connectivity index (χ3v) is 8.36.